The SMILES string of the molecule is CSCCCCCCNS(=O)(=O)c1ccccc1F. The van der Waals surface area contributed by atoms with Crippen molar-refractivity contribution in [3.63, 3.8) is 0 Å². The van der Waals surface area contributed by atoms with E-state index in [1.54, 1.807) is 0 Å². The minimum absolute atomic E-state index is 0.280. The maximum atomic E-state index is 13.4. The molecule has 0 saturated carbocycles. The van der Waals surface area contributed by atoms with Gasteiger partial charge in [-0.25, -0.2) is 17.5 Å². The molecule has 1 aromatic rings. The molecule has 108 valence electrons. The van der Waals surface area contributed by atoms with E-state index in [0.29, 0.717) is 6.54 Å². The largest absolute Gasteiger partial charge is 0.243 e. The van der Waals surface area contributed by atoms with Crippen LogP contribution in [0.1, 0.15) is 25.7 Å². The van der Waals surface area contributed by atoms with Crippen LogP contribution in [0.3, 0.4) is 0 Å². The number of hydrogen-bond donors (Lipinski definition) is 1. The molecule has 0 heterocycles. The van der Waals surface area contributed by atoms with Crippen LogP contribution < -0.4 is 4.72 Å². The van der Waals surface area contributed by atoms with Gasteiger partial charge in [-0.1, -0.05) is 25.0 Å². The Hall–Kier alpha value is -0.590. The maximum absolute atomic E-state index is 13.4. The highest BCUT2D eigenvalue weighted by Gasteiger charge is 2.17. The van der Waals surface area contributed by atoms with E-state index in [1.165, 1.54) is 18.2 Å². The first-order valence-electron chi connectivity index (χ1n) is 6.31. The van der Waals surface area contributed by atoms with Crippen LogP contribution in [-0.4, -0.2) is 27.0 Å². The Morgan fingerprint density at radius 3 is 2.53 bits per heavy atom. The van der Waals surface area contributed by atoms with Crippen LogP contribution in [0.5, 0.6) is 0 Å². The number of thioether (sulfide) groups is 1. The maximum Gasteiger partial charge on any atom is 0.243 e. The molecule has 0 saturated heterocycles. The fourth-order valence-electron chi connectivity index (χ4n) is 1.67. The molecule has 0 aliphatic rings. The second-order valence-corrected chi connectivity index (χ2v) is 6.96. The molecule has 1 rings (SSSR count). The topological polar surface area (TPSA) is 46.2 Å². The van der Waals surface area contributed by atoms with Crippen LogP contribution in [0, 0.1) is 5.82 Å². The number of benzene rings is 1. The van der Waals surface area contributed by atoms with Crippen molar-refractivity contribution in [3.8, 4) is 0 Å². The van der Waals surface area contributed by atoms with E-state index in [9.17, 15) is 12.8 Å². The third-order valence-electron chi connectivity index (χ3n) is 2.69. The minimum atomic E-state index is -3.72. The molecule has 1 N–H and O–H groups in total. The fourth-order valence-corrected chi connectivity index (χ4v) is 3.32. The summed E-state index contributed by atoms with van der Waals surface area (Å²) in [4.78, 5) is -0.280. The van der Waals surface area contributed by atoms with Gasteiger partial charge >= 0.3 is 0 Å². The summed E-state index contributed by atoms with van der Waals surface area (Å²) < 4.78 is 39.5. The second-order valence-electron chi connectivity index (χ2n) is 4.24. The van der Waals surface area contributed by atoms with Crippen molar-refractivity contribution in [2.75, 3.05) is 18.6 Å². The second kappa shape index (κ2) is 8.55. The first kappa shape index (κ1) is 16.5. The van der Waals surface area contributed by atoms with Crippen LogP contribution in [0.25, 0.3) is 0 Å². The Bertz CT molecular complexity index is 477. The first-order valence-corrected chi connectivity index (χ1v) is 9.19. The van der Waals surface area contributed by atoms with Gasteiger partial charge in [0.25, 0.3) is 0 Å². The Labute approximate surface area is 119 Å². The molecule has 0 aliphatic carbocycles. The van der Waals surface area contributed by atoms with Crippen molar-refractivity contribution in [3.05, 3.63) is 30.1 Å². The molecule has 0 fully saturated rings. The van der Waals surface area contributed by atoms with E-state index in [0.717, 1.165) is 37.5 Å². The summed E-state index contributed by atoms with van der Waals surface area (Å²) in [6.45, 7) is 0.357. The van der Waals surface area contributed by atoms with Crippen molar-refractivity contribution < 1.29 is 12.8 Å². The van der Waals surface area contributed by atoms with E-state index in [1.807, 2.05) is 11.8 Å². The van der Waals surface area contributed by atoms with Gasteiger partial charge in [0.15, 0.2) is 0 Å². The van der Waals surface area contributed by atoms with Crippen LogP contribution in [0.2, 0.25) is 0 Å². The predicted octanol–water partition coefficient (Wildman–Crippen LogP) is 3.03. The lowest BCUT2D eigenvalue weighted by Gasteiger charge is -2.07. The van der Waals surface area contributed by atoms with Crippen LogP contribution in [0.4, 0.5) is 4.39 Å². The molecule has 0 unspecified atom stereocenters. The summed E-state index contributed by atoms with van der Waals surface area (Å²) in [6, 6.07) is 5.41. The smallest absolute Gasteiger partial charge is 0.211 e. The summed E-state index contributed by atoms with van der Waals surface area (Å²) in [7, 11) is -3.72. The predicted molar refractivity (Wildman–Crippen MR) is 78.4 cm³/mol. The lowest BCUT2D eigenvalue weighted by Crippen LogP contribution is -2.25. The summed E-state index contributed by atoms with van der Waals surface area (Å²) in [5, 5.41) is 0. The quantitative estimate of drug-likeness (QED) is 0.713. The van der Waals surface area contributed by atoms with E-state index in [-0.39, 0.29) is 4.90 Å². The van der Waals surface area contributed by atoms with Gasteiger partial charge in [-0.2, -0.15) is 11.8 Å². The number of rotatable bonds is 9. The fraction of sp³-hybridized carbons (Fsp3) is 0.538. The van der Waals surface area contributed by atoms with Gasteiger partial charge in [0, 0.05) is 6.54 Å². The molecule has 0 atom stereocenters. The average molecular weight is 305 g/mol. The molecular formula is C13H20FNO2S2. The molecule has 0 aliphatic heterocycles. The number of hydrogen-bond acceptors (Lipinski definition) is 3. The van der Waals surface area contributed by atoms with Gasteiger partial charge in [-0.15, -0.1) is 0 Å². The Kier molecular flexibility index (Phi) is 7.41. The van der Waals surface area contributed by atoms with Gasteiger partial charge in [-0.3, -0.25) is 0 Å². The highest BCUT2D eigenvalue weighted by molar-refractivity contribution is 7.98. The monoisotopic (exact) mass is 305 g/mol. The van der Waals surface area contributed by atoms with Gasteiger partial charge in [0.05, 0.1) is 0 Å². The molecule has 3 nitrogen and oxygen atoms in total. The van der Waals surface area contributed by atoms with Crippen molar-refractivity contribution in [2.45, 2.75) is 30.6 Å². The van der Waals surface area contributed by atoms with E-state index >= 15 is 0 Å². The normalized spacial score (nSPS) is 11.7. The third kappa shape index (κ3) is 5.93. The Balaban J connectivity index is 2.34. The highest BCUT2D eigenvalue weighted by Crippen LogP contribution is 2.13. The first-order chi connectivity index (χ1) is 9.08. The molecule has 0 spiro atoms. The van der Waals surface area contributed by atoms with E-state index in [2.05, 4.69) is 11.0 Å². The molecular weight excluding hydrogens is 285 g/mol. The summed E-state index contributed by atoms with van der Waals surface area (Å²) in [6.07, 6.45) is 6.09. The van der Waals surface area contributed by atoms with Gasteiger partial charge in [0.1, 0.15) is 10.7 Å². The lowest BCUT2D eigenvalue weighted by molar-refractivity contribution is 0.552. The van der Waals surface area contributed by atoms with Crippen molar-refractivity contribution in [1.29, 1.82) is 0 Å². The van der Waals surface area contributed by atoms with Crippen molar-refractivity contribution >= 4 is 21.8 Å². The van der Waals surface area contributed by atoms with Gasteiger partial charge < -0.3 is 0 Å². The summed E-state index contributed by atoms with van der Waals surface area (Å²) in [5.41, 5.74) is 0. The summed E-state index contributed by atoms with van der Waals surface area (Å²) in [5.74, 6) is 0.427. The molecule has 0 radical (unpaired) electrons. The molecule has 0 aromatic heterocycles. The highest BCUT2D eigenvalue weighted by atomic mass is 32.2. The number of sulfonamides is 1. The van der Waals surface area contributed by atoms with E-state index in [4.69, 9.17) is 0 Å². The van der Waals surface area contributed by atoms with E-state index < -0.39 is 15.8 Å². The van der Waals surface area contributed by atoms with Crippen LogP contribution in [0.15, 0.2) is 29.2 Å². The number of nitrogens with one attached hydrogen (secondary N) is 1. The molecule has 0 amide bonds. The molecule has 6 heteroatoms. The minimum Gasteiger partial charge on any atom is -0.211 e. The average Bonchev–Trinajstić information content (AvgIpc) is 2.38. The molecule has 19 heavy (non-hydrogen) atoms. The Morgan fingerprint density at radius 2 is 1.84 bits per heavy atom. The standard InChI is InChI=1S/C13H20FNO2S2/c1-18-11-7-3-2-6-10-15-19(16,17)13-9-5-4-8-12(13)14/h4-5,8-9,15H,2-3,6-7,10-11H2,1H3. The Morgan fingerprint density at radius 1 is 1.16 bits per heavy atom. The van der Waals surface area contributed by atoms with Gasteiger partial charge in [0.2, 0.25) is 10.0 Å². The van der Waals surface area contributed by atoms with Crippen LogP contribution in [-0.2, 0) is 10.0 Å². The van der Waals surface area contributed by atoms with Crippen LogP contribution >= 0.6 is 11.8 Å². The van der Waals surface area contributed by atoms with Crippen molar-refractivity contribution in [2.24, 2.45) is 0 Å². The number of unbranched alkanes of at least 4 members (excludes halogenated alkanes) is 3. The molecule has 0 bridgehead atoms. The number of halogens is 1. The van der Waals surface area contributed by atoms with Gasteiger partial charge in [-0.05, 0) is 37.0 Å². The zero-order valence-corrected chi connectivity index (χ0v) is 12.7. The zero-order valence-electron chi connectivity index (χ0n) is 11.1. The lowest BCUT2D eigenvalue weighted by atomic mass is 10.2. The van der Waals surface area contributed by atoms with Crippen molar-refractivity contribution in [1.82, 2.24) is 4.72 Å². The third-order valence-corrected chi connectivity index (χ3v) is 4.88. The zero-order chi connectivity index (χ0) is 14.1. The molecule has 1 aromatic carbocycles. The summed E-state index contributed by atoms with van der Waals surface area (Å²) >= 11 is 1.82.